The Morgan fingerprint density at radius 1 is 1.12 bits per heavy atom. The van der Waals surface area contributed by atoms with Crippen LogP contribution in [0.3, 0.4) is 0 Å². The highest BCUT2D eigenvalue weighted by molar-refractivity contribution is 5.95. The molecular formula is C19H29N3O3. The van der Waals surface area contributed by atoms with Crippen LogP contribution in [0.1, 0.15) is 47.6 Å². The summed E-state index contributed by atoms with van der Waals surface area (Å²) in [5, 5.41) is 3.36. The van der Waals surface area contributed by atoms with E-state index in [9.17, 15) is 9.59 Å². The highest BCUT2D eigenvalue weighted by Gasteiger charge is 2.27. The summed E-state index contributed by atoms with van der Waals surface area (Å²) in [7, 11) is 0. The fourth-order valence-electron chi connectivity index (χ4n) is 3.83. The minimum absolute atomic E-state index is 0.0103. The predicted molar refractivity (Wildman–Crippen MR) is 95.5 cm³/mol. The second-order valence-corrected chi connectivity index (χ2v) is 7.23. The van der Waals surface area contributed by atoms with Gasteiger partial charge in [0.1, 0.15) is 11.5 Å². The average Bonchev–Trinajstić information content (AvgIpc) is 2.98. The maximum atomic E-state index is 12.6. The lowest BCUT2D eigenvalue weighted by atomic mass is 9.93. The molecule has 1 N–H and O–H groups in total. The summed E-state index contributed by atoms with van der Waals surface area (Å²) in [5.41, 5.74) is 0.642. The van der Waals surface area contributed by atoms with Crippen LogP contribution in [0.25, 0.3) is 0 Å². The van der Waals surface area contributed by atoms with Crippen LogP contribution in [0, 0.1) is 19.8 Å². The van der Waals surface area contributed by atoms with E-state index in [0.717, 1.165) is 25.3 Å². The van der Waals surface area contributed by atoms with Crippen LogP contribution in [0.5, 0.6) is 0 Å². The Morgan fingerprint density at radius 2 is 1.76 bits per heavy atom. The van der Waals surface area contributed by atoms with Crippen molar-refractivity contribution < 1.29 is 14.0 Å². The second kappa shape index (κ2) is 8.04. The first-order valence-electron chi connectivity index (χ1n) is 9.39. The maximum Gasteiger partial charge on any atom is 0.257 e. The molecule has 2 amide bonds. The minimum atomic E-state index is 0.0103. The van der Waals surface area contributed by atoms with E-state index in [0.29, 0.717) is 49.8 Å². The van der Waals surface area contributed by atoms with Crippen LogP contribution in [0.15, 0.2) is 10.5 Å². The van der Waals surface area contributed by atoms with Crippen molar-refractivity contribution in [1.82, 2.24) is 15.1 Å². The minimum Gasteiger partial charge on any atom is -0.466 e. The zero-order valence-electron chi connectivity index (χ0n) is 15.3. The SMILES string of the molecule is Cc1cc(C(=O)N2CCN(C(=O)CCC3CCNCC3)CC2)c(C)o1. The molecule has 0 aromatic carbocycles. The van der Waals surface area contributed by atoms with Crippen molar-refractivity contribution >= 4 is 11.8 Å². The first-order valence-corrected chi connectivity index (χ1v) is 9.39. The first-order chi connectivity index (χ1) is 12.0. The van der Waals surface area contributed by atoms with Gasteiger partial charge in [0.15, 0.2) is 0 Å². The Balaban J connectivity index is 1.45. The molecule has 0 saturated carbocycles. The van der Waals surface area contributed by atoms with Gasteiger partial charge in [-0.05, 0) is 58.2 Å². The molecule has 1 aromatic heterocycles. The number of carbonyl (C=O) groups is 2. The van der Waals surface area contributed by atoms with Gasteiger partial charge in [0.25, 0.3) is 5.91 Å². The largest absolute Gasteiger partial charge is 0.466 e. The molecule has 0 spiro atoms. The van der Waals surface area contributed by atoms with Gasteiger partial charge in [0.05, 0.1) is 5.56 Å². The molecule has 138 valence electrons. The summed E-state index contributed by atoms with van der Waals surface area (Å²) in [6, 6.07) is 1.80. The molecule has 1 aromatic rings. The lowest BCUT2D eigenvalue weighted by Gasteiger charge is -2.35. The molecule has 2 aliphatic heterocycles. The maximum absolute atomic E-state index is 12.6. The Bertz CT molecular complexity index is 611. The zero-order chi connectivity index (χ0) is 17.8. The van der Waals surface area contributed by atoms with Crippen molar-refractivity contribution in [2.24, 2.45) is 5.92 Å². The van der Waals surface area contributed by atoms with E-state index in [-0.39, 0.29) is 11.8 Å². The Labute approximate surface area is 149 Å². The van der Waals surface area contributed by atoms with Gasteiger partial charge in [-0.15, -0.1) is 0 Å². The summed E-state index contributed by atoms with van der Waals surface area (Å²) >= 11 is 0. The van der Waals surface area contributed by atoms with Crippen molar-refractivity contribution in [3.8, 4) is 0 Å². The number of hydrogen-bond donors (Lipinski definition) is 1. The number of aryl methyl sites for hydroxylation is 2. The van der Waals surface area contributed by atoms with Gasteiger partial charge in [-0.25, -0.2) is 0 Å². The lowest BCUT2D eigenvalue weighted by molar-refractivity contribution is -0.133. The number of rotatable bonds is 4. The number of nitrogens with one attached hydrogen (secondary N) is 1. The van der Waals surface area contributed by atoms with E-state index < -0.39 is 0 Å². The molecule has 6 nitrogen and oxygen atoms in total. The zero-order valence-corrected chi connectivity index (χ0v) is 15.3. The average molecular weight is 347 g/mol. The Hall–Kier alpha value is -1.82. The molecule has 0 radical (unpaired) electrons. The predicted octanol–water partition coefficient (Wildman–Crippen LogP) is 1.96. The Morgan fingerprint density at radius 3 is 2.36 bits per heavy atom. The third kappa shape index (κ3) is 4.42. The summed E-state index contributed by atoms with van der Waals surface area (Å²) in [6.07, 6.45) is 3.99. The van der Waals surface area contributed by atoms with Crippen molar-refractivity contribution in [2.45, 2.75) is 39.5 Å². The number of piperidine rings is 1. The summed E-state index contributed by atoms with van der Waals surface area (Å²) in [5.74, 6) is 2.35. The van der Waals surface area contributed by atoms with Crippen LogP contribution >= 0.6 is 0 Å². The second-order valence-electron chi connectivity index (χ2n) is 7.23. The van der Waals surface area contributed by atoms with E-state index in [1.54, 1.807) is 6.07 Å². The fourth-order valence-corrected chi connectivity index (χ4v) is 3.83. The molecule has 6 heteroatoms. The Kier molecular flexibility index (Phi) is 5.78. The van der Waals surface area contributed by atoms with Crippen LogP contribution in [-0.4, -0.2) is 60.9 Å². The number of piperazine rings is 1. The molecule has 0 unspecified atom stereocenters. The van der Waals surface area contributed by atoms with E-state index in [2.05, 4.69) is 5.32 Å². The van der Waals surface area contributed by atoms with E-state index in [1.807, 2.05) is 23.6 Å². The number of carbonyl (C=O) groups excluding carboxylic acids is 2. The molecule has 2 aliphatic rings. The highest BCUT2D eigenvalue weighted by Crippen LogP contribution is 2.20. The smallest absolute Gasteiger partial charge is 0.257 e. The standard InChI is InChI=1S/C19H29N3O3/c1-14-13-17(15(2)25-14)19(24)22-11-9-21(10-12-22)18(23)4-3-16-5-7-20-8-6-16/h13,16,20H,3-12H2,1-2H3. The molecule has 3 heterocycles. The number of furan rings is 1. The third-order valence-corrected chi connectivity index (χ3v) is 5.42. The van der Waals surface area contributed by atoms with Gasteiger partial charge >= 0.3 is 0 Å². The summed E-state index contributed by atoms with van der Waals surface area (Å²) in [6.45, 7) is 8.28. The van der Waals surface area contributed by atoms with Crippen molar-refractivity contribution in [1.29, 1.82) is 0 Å². The normalized spacial score (nSPS) is 19.3. The van der Waals surface area contributed by atoms with Crippen molar-refractivity contribution in [3.05, 3.63) is 23.2 Å². The van der Waals surface area contributed by atoms with Gasteiger partial charge in [-0.1, -0.05) is 0 Å². The number of hydrogen-bond acceptors (Lipinski definition) is 4. The van der Waals surface area contributed by atoms with Crippen LogP contribution in [-0.2, 0) is 4.79 Å². The topological polar surface area (TPSA) is 65.8 Å². The van der Waals surface area contributed by atoms with Crippen molar-refractivity contribution in [3.63, 3.8) is 0 Å². The summed E-state index contributed by atoms with van der Waals surface area (Å²) in [4.78, 5) is 28.8. The van der Waals surface area contributed by atoms with Crippen LogP contribution < -0.4 is 5.32 Å². The monoisotopic (exact) mass is 347 g/mol. The van der Waals surface area contributed by atoms with Gasteiger partial charge in [-0.2, -0.15) is 0 Å². The highest BCUT2D eigenvalue weighted by atomic mass is 16.3. The van der Waals surface area contributed by atoms with Gasteiger partial charge in [-0.3, -0.25) is 9.59 Å². The van der Waals surface area contributed by atoms with Crippen molar-refractivity contribution in [2.75, 3.05) is 39.3 Å². The number of amides is 2. The molecule has 0 atom stereocenters. The first kappa shape index (κ1) is 18.0. The van der Waals surface area contributed by atoms with Gasteiger partial charge < -0.3 is 19.5 Å². The molecule has 0 aliphatic carbocycles. The molecule has 25 heavy (non-hydrogen) atoms. The number of nitrogens with zero attached hydrogens (tertiary/aromatic N) is 2. The quantitative estimate of drug-likeness (QED) is 0.904. The van der Waals surface area contributed by atoms with Gasteiger partial charge in [0.2, 0.25) is 5.91 Å². The van der Waals surface area contributed by atoms with E-state index >= 15 is 0 Å². The fraction of sp³-hybridized carbons (Fsp3) is 0.684. The molecule has 3 rings (SSSR count). The van der Waals surface area contributed by atoms with E-state index in [4.69, 9.17) is 4.42 Å². The van der Waals surface area contributed by atoms with Crippen LogP contribution in [0.2, 0.25) is 0 Å². The molecular weight excluding hydrogens is 318 g/mol. The lowest BCUT2D eigenvalue weighted by Crippen LogP contribution is -2.50. The molecule has 2 fully saturated rings. The molecule has 2 saturated heterocycles. The van der Waals surface area contributed by atoms with Gasteiger partial charge in [0, 0.05) is 32.6 Å². The molecule has 0 bridgehead atoms. The third-order valence-electron chi connectivity index (χ3n) is 5.42. The van der Waals surface area contributed by atoms with E-state index in [1.165, 1.54) is 12.8 Å². The summed E-state index contributed by atoms with van der Waals surface area (Å²) < 4.78 is 5.46. The van der Waals surface area contributed by atoms with Crippen LogP contribution in [0.4, 0.5) is 0 Å².